The molecule has 0 N–H and O–H groups in total. The van der Waals surface area contributed by atoms with Crippen LogP contribution in [0.25, 0.3) is 33.6 Å². The first kappa shape index (κ1) is 20.3. The lowest BCUT2D eigenvalue weighted by molar-refractivity contribution is 0.440. The van der Waals surface area contributed by atoms with Gasteiger partial charge in [0.2, 0.25) is 0 Å². The number of aromatic nitrogens is 1. The highest BCUT2D eigenvalue weighted by molar-refractivity contribution is 6.62. The maximum absolute atomic E-state index is 6.51. The zero-order valence-corrected chi connectivity index (χ0v) is 18.8. The Labute approximate surface area is 199 Å². The summed E-state index contributed by atoms with van der Waals surface area (Å²) in [6.45, 7) is 2.10. The molecule has 0 fully saturated rings. The predicted octanol–water partition coefficient (Wildman–Crippen LogP) is 6.56. The molecule has 34 heavy (non-hydrogen) atoms. The number of benzene rings is 4. The van der Waals surface area contributed by atoms with Crippen molar-refractivity contribution in [3.05, 3.63) is 121 Å². The van der Waals surface area contributed by atoms with Crippen molar-refractivity contribution in [3.63, 3.8) is 0 Å². The summed E-state index contributed by atoms with van der Waals surface area (Å²) in [7, 11) is -0.593. The van der Waals surface area contributed by atoms with Crippen LogP contribution in [0.2, 0.25) is 0 Å². The predicted molar refractivity (Wildman–Crippen MR) is 138 cm³/mol. The van der Waals surface area contributed by atoms with Crippen molar-refractivity contribution in [1.82, 2.24) is 4.98 Å². The summed E-state index contributed by atoms with van der Waals surface area (Å²) in [6.07, 6.45) is 0. The molecule has 1 aliphatic heterocycles. The molecule has 0 spiro atoms. The zero-order chi connectivity index (χ0) is 22.9. The van der Waals surface area contributed by atoms with E-state index in [0.717, 1.165) is 50.6 Å². The number of hydrogen-bond donors (Lipinski definition) is 0. The van der Waals surface area contributed by atoms with Crippen LogP contribution in [0.4, 0.5) is 0 Å². The van der Waals surface area contributed by atoms with Crippen LogP contribution in [-0.2, 0) is 0 Å². The van der Waals surface area contributed by atoms with Gasteiger partial charge < -0.3 is 9.31 Å². The number of nitrogens with zero attached hydrogens (tertiary/aromatic N) is 1. The highest BCUT2D eigenvalue weighted by Crippen LogP contribution is 2.38. The van der Waals surface area contributed by atoms with Gasteiger partial charge in [-0.1, -0.05) is 84.4 Å². The number of hydrogen-bond acceptors (Lipinski definition) is 3. The van der Waals surface area contributed by atoms with E-state index < -0.39 is 7.12 Å². The van der Waals surface area contributed by atoms with Crippen molar-refractivity contribution >= 4 is 12.6 Å². The molecule has 6 rings (SSSR count). The molecule has 162 valence electrons. The van der Waals surface area contributed by atoms with E-state index in [1.807, 2.05) is 66.7 Å². The second-order valence-corrected chi connectivity index (χ2v) is 8.46. The smallest absolute Gasteiger partial charge is 0.521 e. The van der Waals surface area contributed by atoms with E-state index in [1.54, 1.807) is 0 Å². The van der Waals surface area contributed by atoms with Crippen LogP contribution < -0.4 is 14.8 Å². The summed E-state index contributed by atoms with van der Waals surface area (Å²) in [5, 5.41) is 0. The van der Waals surface area contributed by atoms with Crippen molar-refractivity contribution < 1.29 is 9.31 Å². The third kappa shape index (κ3) is 3.84. The lowest BCUT2D eigenvalue weighted by Crippen LogP contribution is -2.42. The Morgan fingerprint density at radius 3 is 1.68 bits per heavy atom. The SMILES string of the molecule is Cc1ccc(-c2cc3nc(c2)-c2ccccc2OB(c2ccccc2)Oc2ccccc2-3)cc1. The van der Waals surface area contributed by atoms with Crippen LogP contribution >= 0.6 is 0 Å². The maximum Gasteiger partial charge on any atom is 0.632 e. The van der Waals surface area contributed by atoms with E-state index in [-0.39, 0.29) is 0 Å². The number of rotatable bonds is 2. The molecule has 5 aromatic rings. The molecule has 4 heteroatoms. The Morgan fingerprint density at radius 2 is 1.09 bits per heavy atom. The number of aryl methyl sites for hydroxylation is 1. The van der Waals surface area contributed by atoms with Gasteiger partial charge in [0.05, 0.1) is 11.4 Å². The molecule has 0 atom stereocenters. The molecule has 0 radical (unpaired) electrons. The van der Waals surface area contributed by atoms with E-state index in [0.29, 0.717) is 0 Å². The number of para-hydroxylation sites is 2. The average molecular weight is 439 g/mol. The van der Waals surface area contributed by atoms with Gasteiger partial charge in [0, 0.05) is 16.6 Å². The van der Waals surface area contributed by atoms with Crippen molar-refractivity contribution in [3.8, 4) is 45.1 Å². The van der Waals surface area contributed by atoms with E-state index in [1.165, 1.54) is 5.56 Å². The molecule has 0 aliphatic carbocycles. The first-order chi connectivity index (χ1) is 16.7. The number of fused-ring (bicyclic) bond motifs is 6. The van der Waals surface area contributed by atoms with Crippen LogP contribution in [0.3, 0.4) is 0 Å². The normalized spacial score (nSPS) is 12.1. The van der Waals surface area contributed by atoms with Crippen molar-refractivity contribution in [1.29, 1.82) is 0 Å². The maximum atomic E-state index is 6.51. The second-order valence-electron chi connectivity index (χ2n) is 8.46. The average Bonchev–Trinajstić information content (AvgIpc) is 2.89. The summed E-state index contributed by atoms with van der Waals surface area (Å²) in [4.78, 5) is 5.06. The van der Waals surface area contributed by atoms with Gasteiger partial charge in [0.1, 0.15) is 11.5 Å². The molecule has 0 saturated heterocycles. The Balaban J connectivity index is 1.59. The highest BCUT2D eigenvalue weighted by atomic mass is 16.6. The molecule has 1 aliphatic rings. The lowest BCUT2D eigenvalue weighted by Gasteiger charge is -2.23. The first-order valence-electron chi connectivity index (χ1n) is 11.4. The summed E-state index contributed by atoms with van der Waals surface area (Å²) < 4.78 is 13.0. The van der Waals surface area contributed by atoms with Crippen molar-refractivity contribution in [2.75, 3.05) is 0 Å². The first-order valence-corrected chi connectivity index (χ1v) is 11.4. The molecule has 0 saturated carbocycles. The van der Waals surface area contributed by atoms with Gasteiger partial charge in [-0.3, -0.25) is 0 Å². The van der Waals surface area contributed by atoms with Gasteiger partial charge in [-0.05, 0) is 54.4 Å². The Kier molecular flexibility index (Phi) is 5.12. The molecule has 0 amide bonds. The molecule has 0 unspecified atom stereocenters. The van der Waals surface area contributed by atoms with E-state index in [2.05, 4.69) is 55.5 Å². The van der Waals surface area contributed by atoms with E-state index in [4.69, 9.17) is 14.3 Å². The minimum Gasteiger partial charge on any atom is -0.521 e. The third-order valence-electron chi connectivity index (χ3n) is 6.08. The standard InChI is InChI=1S/C30H22BNO2/c1-21-15-17-22(18-16-21)23-19-27-25-11-5-7-13-29(25)33-31(24-9-3-2-4-10-24)34-30-14-8-6-12-26(30)28(20-23)32-27/h2-20H,1H3. The minimum absolute atomic E-state index is 0.593. The molecular formula is C30H22BNO2. The van der Waals surface area contributed by atoms with Gasteiger partial charge in [-0.25, -0.2) is 4.98 Å². The monoisotopic (exact) mass is 439 g/mol. The largest absolute Gasteiger partial charge is 0.632 e. The van der Waals surface area contributed by atoms with E-state index in [9.17, 15) is 0 Å². The Morgan fingerprint density at radius 1 is 0.559 bits per heavy atom. The van der Waals surface area contributed by atoms with Crippen LogP contribution in [0, 0.1) is 6.92 Å². The van der Waals surface area contributed by atoms with Crippen LogP contribution in [0.5, 0.6) is 11.5 Å². The van der Waals surface area contributed by atoms with Crippen LogP contribution in [-0.4, -0.2) is 12.1 Å². The van der Waals surface area contributed by atoms with Gasteiger partial charge in [-0.2, -0.15) is 0 Å². The summed E-state index contributed by atoms with van der Waals surface area (Å²) in [5.74, 6) is 1.46. The molecule has 3 nitrogen and oxygen atoms in total. The minimum atomic E-state index is -0.593. The number of pyridine rings is 1. The lowest BCUT2D eigenvalue weighted by atomic mass is 9.78. The topological polar surface area (TPSA) is 31.4 Å². The molecule has 2 heterocycles. The fraction of sp³-hybridized carbons (Fsp3) is 0.0333. The van der Waals surface area contributed by atoms with Gasteiger partial charge in [-0.15, -0.1) is 0 Å². The van der Waals surface area contributed by atoms with E-state index >= 15 is 0 Å². The molecular weight excluding hydrogens is 417 g/mol. The van der Waals surface area contributed by atoms with Gasteiger partial charge in [0.15, 0.2) is 0 Å². The van der Waals surface area contributed by atoms with Gasteiger partial charge in [0.25, 0.3) is 0 Å². The summed E-state index contributed by atoms with van der Waals surface area (Å²) in [5.41, 5.74) is 8.03. The summed E-state index contributed by atoms with van der Waals surface area (Å²) >= 11 is 0. The fourth-order valence-electron chi connectivity index (χ4n) is 4.28. The second kappa shape index (κ2) is 8.56. The fourth-order valence-corrected chi connectivity index (χ4v) is 4.28. The molecule has 1 aromatic heterocycles. The van der Waals surface area contributed by atoms with Gasteiger partial charge >= 0.3 is 7.12 Å². The summed E-state index contributed by atoms with van der Waals surface area (Å²) in [6, 6.07) is 38.9. The highest BCUT2D eigenvalue weighted by Gasteiger charge is 2.30. The Bertz CT molecular complexity index is 1400. The van der Waals surface area contributed by atoms with Crippen molar-refractivity contribution in [2.24, 2.45) is 0 Å². The van der Waals surface area contributed by atoms with Crippen LogP contribution in [0.15, 0.2) is 115 Å². The third-order valence-corrected chi connectivity index (χ3v) is 6.08. The van der Waals surface area contributed by atoms with Crippen LogP contribution in [0.1, 0.15) is 5.56 Å². The van der Waals surface area contributed by atoms with Crippen molar-refractivity contribution in [2.45, 2.75) is 6.92 Å². The molecule has 2 bridgehead atoms. The zero-order valence-electron chi connectivity index (χ0n) is 18.8. The quantitative estimate of drug-likeness (QED) is 0.292. The molecule has 4 aromatic carbocycles. The Hall–Kier alpha value is -4.31.